The van der Waals surface area contributed by atoms with Crippen molar-refractivity contribution in [3.63, 3.8) is 0 Å². The fourth-order valence-electron chi connectivity index (χ4n) is 2.77. The maximum absolute atomic E-state index is 12.2. The molecule has 8 heteroatoms. The van der Waals surface area contributed by atoms with E-state index in [1.807, 2.05) is 13.0 Å². The van der Waals surface area contributed by atoms with Gasteiger partial charge in [-0.2, -0.15) is 0 Å². The fourth-order valence-corrected chi connectivity index (χ4v) is 2.77. The maximum Gasteiger partial charge on any atom is 0.330 e. The van der Waals surface area contributed by atoms with Crippen LogP contribution in [0.3, 0.4) is 0 Å². The van der Waals surface area contributed by atoms with Gasteiger partial charge in [-0.1, -0.05) is 0 Å². The predicted molar refractivity (Wildman–Crippen MR) is 89.8 cm³/mol. The highest BCUT2D eigenvalue weighted by Crippen LogP contribution is 2.32. The van der Waals surface area contributed by atoms with Crippen LogP contribution < -0.4 is 20.7 Å². The maximum atomic E-state index is 12.2. The van der Waals surface area contributed by atoms with Crippen molar-refractivity contribution in [2.24, 2.45) is 7.05 Å². The van der Waals surface area contributed by atoms with Gasteiger partial charge in [0.1, 0.15) is 5.82 Å². The van der Waals surface area contributed by atoms with E-state index in [9.17, 15) is 9.59 Å². The van der Waals surface area contributed by atoms with E-state index < -0.39 is 11.2 Å². The van der Waals surface area contributed by atoms with Crippen molar-refractivity contribution in [2.45, 2.75) is 13.5 Å². The molecule has 2 aromatic heterocycles. The summed E-state index contributed by atoms with van der Waals surface area (Å²) >= 11 is 0. The molecule has 3 aromatic rings. The average molecular weight is 330 g/mol. The Labute approximate surface area is 137 Å². The zero-order valence-electron chi connectivity index (χ0n) is 13.9. The van der Waals surface area contributed by atoms with Crippen LogP contribution >= 0.6 is 0 Å². The quantitative estimate of drug-likeness (QED) is 0.774. The summed E-state index contributed by atoms with van der Waals surface area (Å²) in [6.45, 7) is 2.23. The summed E-state index contributed by atoms with van der Waals surface area (Å²) in [5, 5.41) is 0. The van der Waals surface area contributed by atoms with E-state index in [4.69, 9.17) is 9.47 Å². The zero-order valence-corrected chi connectivity index (χ0v) is 13.9. The Bertz CT molecular complexity index is 1030. The molecule has 3 rings (SSSR count). The molecule has 1 N–H and O–H groups in total. The van der Waals surface area contributed by atoms with Crippen LogP contribution in [0.4, 0.5) is 0 Å². The first-order chi connectivity index (χ1) is 11.5. The molecule has 0 bridgehead atoms. The normalized spacial score (nSPS) is 11.0. The zero-order chi connectivity index (χ0) is 17.4. The number of hydrogen-bond acceptors (Lipinski definition) is 5. The monoisotopic (exact) mass is 330 g/mol. The van der Waals surface area contributed by atoms with E-state index in [0.717, 1.165) is 5.56 Å². The van der Waals surface area contributed by atoms with Crippen LogP contribution in [-0.2, 0) is 13.6 Å². The Hall–Kier alpha value is -3.03. The summed E-state index contributed by atoms with van der Waals surface area (Å²) in [4.78, 5) is 31.0. The summed E-state index contributed by atoms with van der Waals surface area (Å²) in [7, 11) is 4.85. The third kappa shape index (κ3) is 2.27. The molecule has 1 aromatic carbocycles. The van der Waals surface area contributed by atoms with E-state index in [1.54, 1.807) is 38.0 Å². The van der Waals surface area contributed by atoms with Gasteiger partial charge >= 0.3 is 5.69 Å². The molecule has 126 valence electrons. The standard InChI is InChI=1S/C16H18N4O4/c1-5-20-14-12(15(21)18-16(20)22)19(2)13(17-14)9-6-7-10(23-3)11(8-9)24-4/h6-8H,5H2,1-4H3,(H,18,21,22). The van der Waals surface area contributed by atoms with Crippen molar-refractivity contribution >= 4 is 11.2 Å². The predicted octanol–water partition coefficient (Wildman–Crippen LogP) is 1.13. The van der Waals surface area contributed by atoms with Crippen LogP contribution in [0.5, 0.6) is 11.5 Å². The number of nitrogens with one attached hydrogen (secondary N) is 1. The molecule has 8 nitrogen and oxygen atoms in total. The van der Waals surface area contributed by atoms with Crippen molar-refractivity contribution in [1.82, 2.24) is 19.1 Å². The molecule has 0 saturated heterocycles. The fraction of sp³-hybridized carbons (Fsp3) is 0.312. The number of nitrogens with zero attached hydrogens (tertiary/aromatic N) is 3. The van der Waals surface area contributed by atoms with Crippen LogP contribution in [-0.4, -0.2) is 33.3 Å². The third-order valence-electron chi connectivity index (χ3n) is 3.97. The van der Waals surface area contributed by atoms with Gasteiger partial charge in [0.2, 0.25) is 0 Å². The highest BCUT2D eigenvalue weighted by atomic mass is 16.5. The molecule has 0 fully saturated rings. The number of hydrogen-bond donors (Lipinski definition) is 1. The van der Waals surface area contributed by atoms with Gasteiger partial charge in [-0.25, -0.2) is 9.78 Å². The van der Waals surface area contributed by atoms with Crippen molar-refractivity contribution < 1.29 is 9.47 Å². The number of aromatic amines is 1. The van der Waals surface area contributed by atoms with Gasteiger partial charge in [0.05, 0.1) is 14.2 Å². The Kier molecular flexibility index (Phi) is 3.88. The van der Waals surface area contributed by atoms with Crippen LogP contribution in [0, 0.1) is 0 Å². The molecule has 0 spiro atoms. The molecule has 0 unspecified atom stereocenters. The van der Waals surface area contributed by atoms with Crippen molar-refractivity contribution in [2.75, 3.05) is 14.2 Å². The van der Waals surface area contributed by atoms with E-state index in [0.29, 0.717) is 35.0 Å². The lowest BCUT2D eigenvalue weighted by Crippen LogP contribution is -2.30. The lowest BCUT2D eigenvalue weighted by molar-refractivity contribution is 0.355. The molecule has 0 aliphatic carbocycles. The molecule has 2 heterocycles. The van der Waals surface area contributed by atoms with Crippen molar-refractivity contribution in [3.8, 4) is 22.9 Å². The first kappa shape index (κ1) is 15.9. The highest BCUT2D eigenvalue weighted by Gasteiger charge is 2.18. The summed E-state index contributed by atoms with van der Waals surface area (Å²) in [5.74, 6) is 1.72. The van der Waals surface area contributed by atoms with E-state index in [2.05, 4.69) is 9.97 Å². The SMILES string of the molecule is CCn1c(=O)[nH]c(=O)c2c1nc(-c1ccc(OC)c(OC)c1)n2C. The summed E-state index contributed by atoms with van der Waals surface area (Å²) < 4.78 is 13.6. The molecular weight excluding hydrogens is 312 g/mol. The number of aromatic nitrogens is 4. The van der Waals surface area contributed by atoms with Gasteiger partial charge in [-0.15, -0.1) is 0 Å². The van der Waals surface area contributed by atoms with Crippen LogP contribution in [0.1, 0.15) is 6.92 Å². The topological polar surface area (TPSA) is 91.1 Å². The summed E-state index contributed by atoms with van der Waals surface area (Å²) in [6.07, 6.45) is 0. The average Bonchev–Trinajstić information content (AvgIpc) is 2.92. The molecular formula is C16H18N4O4. The van der Waals surface area contributed by atoms with Gasteiger partial charge in [-0.3, -0.25) is 14.3 Å². The summed E-state index contributed by atoms with van der Waals surface area (Å²) in [5.41, 5.74) is 0.536. The number of imidazole rings is 1. The minimum atomic E-state index is -0.466. The molecule has 0 amide bonds. The lowest BCUT2D eigenvalue weighted by Gasteiger charge is -2.09. The largest absolute Gasteiger partial charge is 0.493 e. The Morgan fingerprint density at radius 3 is 2.50 bits per heavy atom. The second kappa shape index (κ2) is 5.88. The number of H-pyrrole nitrogens is 1. The van der Waals surface area contributed by atoms with Crippen LogP contribution in [0.25, 0.3) is 22.6 Å². The number of benzene rings is 1. The Balaban J connectivity index is 2.32. The second-order valence-electron chi connectivity index (χ2n) is 5.24. The van der Waals surface area contributed by atoms with Gasteiger partial charge in [0.15, 0.2) is 22.7 Å². The number of methoxy groups -OCH3 is 2. The smallest absolute Gasteiger partial charge is 0.330 e. The van der Waals surface area contributed by atoms with Gasteiger partial charge in [-0.05, 0) is 25.1 Å². The lowest BCUT2D eigenvalue weighted by atomic mass is 10.2. The van der Waals surface area contributed by atoms with Crippen LogP contribution in [0.2, 0.25) is 0 Å². The highest BCUT2D eigenvalue weighted by molar-refractivity contribution is 5.77. The number of aryl methyl sites for hydroxylation is 2. The molecule has 0 saturated carbocycles. The number of rotatable bonds is 4. The Morgan fingerprint density at radius 2 is 1.88 bits per heavy atom. The van der Waals surface area contributed by atoms with Crippen LogP contribution in [0.15, 0.2) is 27.8 Å². The molecule has 0 aliphatic rings. The van der Waals surface area contributed by atoms with E-state index >= 15 is 0 Å². The second-order valence-corrected chi connectivity index (χ2v) is 5.24. The minimum Gasteiger partial charge on any atom is -0.493 e. The van der Waals surface area contributed by atoms with Crippen molar-refractivity contribution in [1.29, 1.82) is 0 Å². The van der Waals surface area contributed by atoms with Gasteiger partial charge < -0.3 is 14.0 Å². The van der Waals surface area contributed by atoms with Gasteiger partial charge in [0.25, 0.3) is 5.56 Å². The van der Waals surface area contributed by atoms with Gasteiger partial charge in [0, 0.05) is 19.2 Å². The first-order valence-electron chi connectivity index (χ1n) is 7.43. The minimum absolute atomic E-state index is 0.348. The molecule has 24 heavy (non-hydrogen) atoms. The summed E-state index contributed by atoms with van der Waals surface area (Å²) in [6, 6.07) is 5.37. The van der Waals surface area contributed by atoms with Crippen molar-refractivity contribution in [3.05, 3.63) is 39.0 Å². The Morgan fingerprint density at radius 1 is 1.17 bits per heavy atom. The first-order valence-corrected chi connectivity index (χ1v) is 7.43. The molecule has 0 aliphatic heterocycles. The number of fused-ring (bicyclic) bond motifs is 1. The molecule has 0 radical (unpaired) electrons. The third-order valence-corrected chi connectivity index (χ3v) is 3.97. The van der Waals surface area contributed by atoms with E-state index in [1.165, 1.54) is 4.57 Å². The molecule has 0 atom stereocenters. The number of ether oxygens (including phenoxy) is 2. The van der Waals surface area contributed by atoms with E-state index in [-0.39, 0.29) is 0 Å².